The minimum Gasteiger partial charge on any atom is -0.468 e. The van der Waals surface area contributed by atoms with Gasteiger partial charge in [0.05, 0.1) is 6.61 Å². The zero-order chi connectivity index (χ0) is 25.4. The largest absolute Gasteiger partial charge is 0.468 e. The van der Waals surface area contributed by atoms with Crippen molar-refractivity contribution in [3.63, 3.8) is 0 Å². The van der Waals surface area contributed by atoms with Crippen LogP contribution in [0.2, 0.25) is 0 Å². The summed E-state index contributed by atoms with van der Waals surface area (Å²) in [6, 6.07) is 2.02. The van der Waals surface area contributed by atoms with Gasteiger partial charge in [0, 0.05) is 87.7 Å². The Morgan fingerprint density at radius 2 is 2.06 bits per heavy atom. The van der Waals surface area contributed by atoms with Crippen LogP contribution in [-0.2, 0) is 9.53 Å². The lowest BCUT2D eigenvalue weighted by Gasteiger charge is -2.47. The van der Waals surface area contributed by atoms with E-state index in [0.717, 1.165) is 26.2 Å². The molecule has 194 valence electrons. The number of likely N-dealkylation sites (tertiary alicyclic amines) is 1. The van der Waals surface area contributed by atoms with Crippen molar-refractivity contribution >= 4 is 24.1 Å². The van der Waals surface area contributed by atoms with E-state index in [1.165, 1.54) is 57.0 Å². The summed E-state index contributed by atoms with van der Waals surface area (Å²) in [6.45, 7) is 8.53. The normalized spacial score (nSPS) is 22.9. The topological polar surface area (TPSA) is 87.3 Å². The monoisotopic (exact) mass is 492 g/mol. The van der Waals surface area contributed by atoms with Gasteiger partial charge >= 0.3 is 0 Å². The van der Waals surface area contributed by atoms with Gasteiger partial charge in [-0.3, -0.25) is 14.7 Å². The molecule has 1 aromatic rings. The SMILES string of the molecule is CCOC=O.CN=C/C(=C\N)c1c(C(F)F)ccnc1N1CCN(C2CCC3(C2)CN(C)C3)CC1. The van der Waals surface area contributed by atoms with Gasteiger partial charge in [0.15, 0.2) is 0 Å². The molecule has 1 atom stereocenters. The summed E-state index contributed by atoms with van der Waals surface area (Å²) in [6.07, 6.45) is 5.61. The van der Waals surface area contributed by atoms with Crippen molar-refractivity contribution in [2.45, 2.75) is 38.7 Å². The molecule has 2 saturated heterocycles. The van der Waals surface area contributed by atoms with E-state index in [0.29, 0.717) is 41.5 Å². The number of alkyl halides is 2. The van der Waals surface area contributed by atoms with E-state index in [1.54, 1.807) is 14.0 Å². The molecule has 1 aromatic heterocycles. The first kappa shape index (κ1) is 27.0. The predicted octanol–water partition coefficient (Wildman–Crippen LogP) is 2.81. The fourth-order valence-electron chi connectivity index (χ4n) is 5.75. The summed E-state index contributed by atoms with van der Waals surface area (Å²) in [4.78, 5) is 24.8. The zero-order valence-electron chi connectivity index (χ0n) is 21.0. The molecular weight excluding hydrogens is 454 g/mol. The molecule has 2 aliphatic heterocycles. The van der Waals surface area contributed by atoms with Crippen LogP contribution in [0.15, 0.2) is 23.5 Å². The first-order valence-corrected chi connectivity index (χ1v) is 12.2. The fraction of sp³-hybridized carbons (Fsp3) is 0.640. The average molecular weight is 493 g/mol. The van der Waals surface area contributed by atoms with Gasteiger partial charge in [-0.05, 0) is 44.7 Å². The number of rotatable bonds is 7. The van der Waals surface area contributed by atoms with Crippen LogP contribution < -0.4 is 10.6 Å². The Labute approximate surface area is 206 Å². The molecule has 3 aliphatic rings. The van der Waals surface area contributed by atoms with Gasteiger partial charge in [-0.15, -0.1) is 0 Å². The van der Waals surface area contributed by atoms with Gasteiger partial charge in [0.25, 0.3) is 12.9 Å². The van der Waals surface area contributed by atoms with Gasteiger partial charge in [-0.2, -0.15) is 0 Å². The van der Waals surface area contributed by atoms with Gasteiger partial charge < -0.3 is 20.3 Å². The number of aromatic nitrogens is 1. The van der Waals surface area contributed by atoms with Crippen LogP contribution in [0.5, 0.6) is 0 Å². The summed E-state index contributed by atoms with van der Waals surface area (Å²) in [5.41, 5.74) is 7.12. The molecule has 0 bridgehead atoms. The molecule has 1 aliphatic carbocycles. The lowest BCUT2D eigenvalue weighted by Crippen LogP contribution is -2.54. The second-order valence-corrected chi connectivity index (χ2v) is 9.55. The van der Waals surface area contributed by atoms with E-state index >= 15 is 0 Å². The van der Waals surface area contributed by atoms with Crippen molar-refractivity contribution < 1.29 is 18.3 Å². The van der Waals surface area contributed by atoms with Gasteiger partial charge in [-0.25, -0.2) is 13.8 Å². The highest BCUT2D eigenvalue weighted by Crippen LogP contribution is 2.46. The third-order valence-electron chi connectivity index (χ3n) is 7.19. The van der Waals surface area contributed by atoms with Crippen LogP contribution in [0.25, 0.3) is 5.57 Å². The zero-order valence-corrected chi connectivity index (χ0v) is 21.0. The average Bonchev–Trinajstić information content (AvgIpc) is 3.28. The highest BCUT2D eigenvalue weighted by molar-refractivity contribution is 6.12. The molecule has 1 saturated carbocycles. The van der Waals surface area contributed by atoms with E-state index in [2.05, 4.69) is 36.5 Å². The summed E-state index contributed by atoms with van der Waals surface area (Å²) in [5, 5.41) is 0. The Balaban J connectivity index is 0.000000623. The number of hydrogen-bond acceptors (Lipinski definition) is 8. The Kier molecular flexibility index (Phi) is 9.56. The Hall–Kier alpha value is -2.59. The highest BCUT2D eigenvalue weighted by Gasteiger charge is 2.48. The number of ether oxygens (including phenoxy) is 1. The molecule has 0 amide bonds. The summed E-state index contributed by atoms with van der Waals surface area (Å²) in [7, 11) is 3.80. The minimum atomic E-state index is -2.60. The van der Waals surface area contributed by atoms with Gasteiger partial charge in [-0.1, -0.05) is 0 Å². The first-order valence-electron chi connectivity index (χ1n) is 12.2. The molecule has 2 N–H and O–H groups in total. The maximum absolute atomic E-state index is 13.7. The summed E-state index contributed by atoms with van der Waals surface area (Å²) >= 11 is 0. The maximum Gasteiger partial charge on any atom is 0.293 e. The van der Waals surface area contributed by atoms with E-state index < -0.39 is 6.43 Å². The molecule has 0 radical (unpaired) electrons. The smallest absolute Gasteiger partial charge is 0.293 e. The van der Waals surface area contributed by atoms with E-state index in [1.807, 2.05) is 0 Å². The number of aliphatic imine (C=N–C) groups is 1. The number of anilines is 1. The van der Waals surface area contributed by atoms with Crippen LogP contribution in [-0.4, -0.2) is 93.5 Å². The highest BCUT2D eigenvalue weighted by atomic mass is 19.3. The molecular formula is C25H38F2N6O2. The third-order valence-corrected chi connectivity index (χ3v) is 7.19. The van der Waals surface area contributed by atoms with Crippen molar-refractivity contribution in [3.8, 4) is 0 Å². The summed E-state index contributed by atoms with van der Waals surface area (Å²) in [5.74, 6) is 0.576. The third kappa shape index (κ3) is 6.35. The molecule has 3 fully saturated rings. The number of carbonyl (C=O) groups is 1. The standard InChI is InChI=1S/C22H32F2N6.C3H6O2/c1-26-13-16(12-25)19-18(20(23)24)4-6-27-21(19)30-9-7-29(8-10-30)17-3-5-22(11-17)14-28(2)15-22;1-2-5-3-4/h4,6,12-13,17,20H,3,5,7-11,14-15,25H2,1-2H3;3H,2H2,1H3/b16-12+,26-13?;. The van der Waals surface area contributed by atoms with Gasteiger partial charge in [0.2, 0.25) is 0 Å². The minimum absolute atomic E-state index is 0.0501. The van der Waals surface area contributed by atoms with Crippen molar-refractivity contribution in [3.05, 3.63) is 29.6 Å². The van der Waals surface area contributed by atoms with Crippen LogP contribution in [0.3, 0.4) is 0 Å². The predicted molar refractivity (Wildman–Crippen MR) is 135 cm³/mol. The van der Waals surface area contributed by atoms with Crippen molar-refractivity contribution in [2.24, 2.45) is 16.1 Å². The van der Waals surface area contributed by atoms with Crippen LogP contribution in [0.4, 0.5) is 14.6 Å². The number of hydrogen-bond donors (Lipinski definition) is 1. The molecule has 1 unspecified atom stereocenters. The number of nitrogens with two attached hydrogens (primary N) is 1. The Morgan fingerprint density at radius 3 is 2.57 bits per heavy atom. The molecule has 8 nitrogen and oxygen atoms in total. The van der Waals surface area contributed by atoms with Crippen molar-refractivity contribution in [2.75, 3.05) is 64.9 Å². The number of carbonyl (C=O) groups excluding carboxylic acids is 1. The molecule has 10 heteroatoms. The lowest BCUT2D eigenvalue weighted by molar-refractivity contribution is -0.128. The van der Waals surface area contributed by atoms with Gasteiger partial charge in [0.1, 0.15) is 5.82 Å². The second kappa shape index (κ2) is 12.4. The first-order chi connectivity index (χ1) is 16.9. The quantitative estimate of drug-likeness (QED) is 0.463. The lowest BCUT2D eigenvalue weighted by atomic mass is 9.78. The fourth-order valence-corrected chi connectivity index (χ4v) is 5.75. The Morgan fingerprint density at radius 1 is 1.34 bits per heavy atom. The second-order valence-electron chi connectivity index (χ2n) is 9.55. The van der Waals surface area contributed by atoms with Crippen LogP contribution in [0, 0.1) is 5.41 Å². The number of allylic oxidation sites excluding steroid dienone is 1. The van der Waals surface area contributed by atoms with E-state index in [-0.39, 0.29) is 5.56 Å². The van der Waals surface area contributed by atoms with Crippen molar-refractivity contribution in [1.82, 2.24) is 14.8 Å². The Bertz CT molecular complexity index is 896. The van der Waals surface area contributed by atoms with Crippen molar-refractivity contribution in [1.29, 1.82) is 0 Å². The molecule has 3 heterocycles. The number of piperazine rings is 1. The number of pyridine rings is 1. The molecule has 4 rings (SSSR count). The molecule has 1 spiro atoms. The maximum atomic E-state index is 13.7. The molecule has 0 aromatic carbocycles. The van der Waals surface area contributed by atoms with E-state index in [4.69, 9.17) is 5.73 Å². The number of halogens is 2. The molecule has 35 heavy (non-hydrogen) atoms. The number of nitrogens with zero attached hydrogens (tertiary/aromatic N) is 5. The summed E-state index contributed by atoms with van der Waals surface area (Å²) < 4.78 is 31.6. The van der Waals surface area contributed by atoms with E-state index in [9.17, 15) is 13.6 Å². The van der Waals surface area contributed by atoms with Crippen LogP contribution >= 0.6 is 0 Å². The van der Waals surface area contributed by atoms with Crippen LogP contribution in [0.1, 0.15) is 43.7 Å².